The van der Waals surface area contributed by atoms with Gasteiger partial charge in [0.1, 0.15) is 6.04 Å². The summed E-state index contributed by atoms with van der Waals surface area (Å²) in [7, 11) is -3.70. The third-order valence-corrected chi connectivity index (χ3v) is 5.69. The zero-order chi connectivity index (χ0) is 16.9. The van der Waals surface area contributed by atoms with Crippen LogP contribution in [-0.4, -0.2) is 26.4 Å². The van der Waals surface area contributed by atoms with Crippen LogP contribution in [0.3, 0.4) is 0 Å². The maximum absolute atomic E-state index is 12.5. The van der Waals surface area contributed by atoms with Gasteiger partial charge in [-0.2, -0.15) is 4.72 Å². The summed E-state index contributed by atoms with van der Waals surface area (Å²) < 4.78 is 27.5. The Morgan fingerprint density at radius 2 is 1.70 bits per heavy atom. The maximum Gasteiger partial charge on any atom is 0.241 e. The van der Waals surface area contributed by atoms with E-state index in [0.717, 1.165) is 25.7 Å². The molecule has 0 aromatic heterocycles. The molecular weight excluding hydrogens is 312 g/mol. The normalized spacial score (nSPS) is 17.9. The lowest BCUT2D eigenvalue weighted by atomic mass is 9.94. The van der Waals surface area contributed by atoms with Crippen molar-refractivity contribution in [1.29, 1.82) is 0 Å². The Kier molecular flexibility index (Phi) is 6.18. The number of hydrogen-bond donors (Lipinski definition) is 2. The van der Waals surface area contributed by atoms with Crippen molar-refractivity contribution in [1.82, 2.24) is 10.0 Å². The van der Waals surface area contributed by atoms with Crippen molar-refractivity contribution in [2.24, 2.45) is 5.92 Å². The molecule has 1 aliphatic carbocycles. The number of benzene rings is 1. The number of amides is 1. The lowest BCUT2D eigenvalue weighted by molar-refractivity contribution is -0.124. The van der Waals surface area contributed by atoms with Gasteiger partial charge in [-0.1, -0.05) is 51.3 Å². The number of carbonyl (C=O) groups excluding carboxylic acids is 1. The number of hydrogen-bond acceptors (Lipinski definition) is 3. The van der Waals surface area contributed by atoms with E-state index in [1.807, 2.05) is 13.8 Å². The van der Waals surface area contributed by atoms with Gasteiger partial charge in [-0.05, 0) is 30.9 Å². The molecule has 23 heavy (non-hydrogen) atoms. The monoisotopic (exact) mass is 338 g/mol. The third kappa shape index (κ3) is 5.04. The SMILES string of the molecule is CC(C)[C@@H](NS(=O)(=O)c1ccccc1)C(=O)NC1CCCCC1. The van der Waals surface area contributed by atoms with Crippen LogP contribution >= 0.6 is 0 Å². The fourth-order valence-corrected chi connectivity index (χ4v) is 4.23. The summed E-state index contributed by atoms with van der Waals surface area (Å²) in [6.45, 7) is 3.69. The van der Waals surface area contributed by atoms with Crippen molar-refractivity contribution < 1.29 is 13.2 Å². The molecule has 1 saturated carbocycles. The summed E-state index contributed by atoms with van der Waals surface area (Å²) in [6, 6.07) is 7.55. The molecule has 1 aromatic carbocycles. The Hall–Kier alpha value is -1.40. The van der Waals surface area contributed by atoms with Gasteiger partial charge in [-0.15, -0.1) is 0 Å². The molecule has 2 rings (SSSR count). The average molecular weight is 338 g/mol. The second-order valence-corrected chi connectivity index (χ2v) is 8.21. The summed E-state index contributed by atoms with van der Waals surface area (Å²) >= 11 is 0. The Morgan fingerprint density at radius 1 is 1.09 bits per heavy atom. The van der Waals surface area contributed by atoms with E-state index in [9.17, 15) is 13.2 Å². The molecule has 128 valence electrons. The number of rotatable bonds is 6. The molecule has 1 fully saturated rings. The van der Waals surface area contributed by atoms with E-state index in [0.29, 0.717) is 0 Å². The molecular formula is C17H26N2O3S. The van der Waals surface area contributed by atoms with Crippen molar-refractivity contribution in [2.75, 3.05) is 0 Å². The van der Waals surface area contributed by atoms with E-state index in [-0.39, 0.29) is 22.8 Å². The van der Waals surface area contributed by atoms with Gasteiger partial charge in [0.05, 0.1) is 4.90 Å². The zero-order valence-corrected chi connectivity index (χ0v) is 14.6. The molecule has 0 saturated heterocycles. The average Bonchev–Trinajstić information content (AvgIpc) is 2.54. The summed E-state index contributed by atoms with van der Waals surface area (Å²) in [5, 5.41) is 3.01. The van der Waals surface area contributed by atoms with Gasteiger partial charge in [0, 0.05) is 6.04 Å². The minimum atomic E-state index is -3.70. The molecule has 0 unspecified atom stereocenters. The summed E-state index contributed by atoms with van der Waals surface area (Å²) in [4.78, 5) is 12.7. The van der Waals surface area contributed by atoms with E-state index < -0.39 is 16.1 Å². The first kappa shape index (κ1) is 17.9. The summed E-state index contributed by atoms with van der Waals surface area (Å²) in [5.41, 5.74) is 0. The second kappa shape index (κ2) is 7.93. The Labute approximate surface area is 138 Å². The highest BCUT2D eigenvalue weighted by molar-refractivity contribution is 7.89. The first-order valence-corrected chi connectivity index (χ1v) is 9.76. The molecule has 0 heterocycles. The van der Waals surface area contributed by atoms with Crippen LogP contribution in [0.1, 0.15) is 46.0 Å². The molecule has 0 radical (unpaired) electrons. The van der Waals surface area contributed by atoms with E-state index in [1.165, 1.54) is 18.6 Å². The second-order valence-electron chi connectivity index (χ2n) is 6.50. The van der Waals surface area contributed by atoms with Gasteiger partial charge in [0.15, 0.2) is 0 Å². The van der Waals surface area contributed by atoms with Crippen molar-refractivity contribution in [3.8, 4) is 0 Å². The molecule has 1 aromatic rings. The smallest absolute Gasteiger partial charge is 0.241 e. The van der Waals surface area contributed by atoms with Gasteiger partial charge in [0.25, 0.3) is 0 Å². The van der Waals surface area contributed by atoms with Crippen LogP contribution in [0.2, 0.25) is 0 Å². The molecule has 0 bridgehead atoms. The standard InChI is InChI=1S/C17H26N2O3S/c1-13(2)16(17(20)18-14-9-5-3-6-10-14)19-23(21,22)15-11-7-4-8-12-15/h4,7-8,11-14,16,19H,3,5-6,9-10H2,1-2H3,(H,18,20)/t16-/m1/s1. The Bertz CT molecular complexity index is 608. The molecule has 0 spiro atoms. The molecule has 0 aliphatic heterocycles. The molecule has 1 amide bonds. The quantitative estimate of drug-likeness (QED) is 0.836. The number of sulfonamides is 1. The van der Waals surface area contributed by atoms with Crippen LogP contribution < -0.4 is 10.0 Å². The fourth-order valence-electron chi connectivity index (χ4n) is 2.87. The van der Waals surface area contributed by atoms with Crippen molar-refractivity contribution in [2.45, 2.75) is 62.9 Å². The minimum Gasteiger partial charge on any atom is -0.352 e. The van der Waals surface area contributed by atoms with Crippen molar-refractivity contribution in [3.63, 3.8) is 0 Å². The summed E-state index contributed by atoms with van der Waals surface area (Å²) in [6.07, 6.45) is 5.39. The predicted octanol–water partition coefficient (Wildman–Crippen LogP) is 2.44. The fraction of sp³-hybridized carbons (Fsp3) is 0.588. The predicted molar refractivity (Wildman–Crippen MR) is 90.4 cm³/mol. The molecule has 6 heteroatoms. The Balaban J connectivity index is 2.07. The first-order chi connectivity index (χ1) is 10.9. The van der Waals surface area contributed by atoms with Crippen LogP contribution in [0.15, 0.2) is 35.2 Å². The number of carbonyl (C=O) groups is 1. The van der Waals surface area contributed by atoms with Gasteiger partial charge in [0.2, 0.25) is 15.9 Å². The van der Waals surface area contributed by atoms with Crippen LogP contribution in [0.4, 0.5) is 0 Å². The van der Waals surface area contributed by atoms with E-state index >= 15 is 0 Å². The largest absolute Gasteiger partial charge is 0.352 e. The van der Waals surface area contributed by atoms with E-state index in [4.69, 9.17) is 0 Å². The third-order valence-electron chi connectivity index (χ3n) is 4.24. The van der Waals surface area contributed by atoms with Gasteiger partial charge in [-0.25, -0.2) is 8.42 Å². The molecule has 1 aliphatic rings. The number of nitrogens with one attached hydrogen (secondary N) is 2. The molecule has 1 atom stereocenters. The topological polar surface area (TPSA) is 75.3 Å². The van der Waals surface area contributed by atoms with Crippen LogP contribution in [0, 0.1) is 5.92 Å². The highest BCUT2D eigenvalue weighted by Crippen LogP contribution is 2.18. The maximum atomic E-state index is 12.5. The summed E-state index contributed by atoms with van der Waals surface area (Å²) in [5.74, 6) is -0.358. The van der Waals surface area contributed by atoms with Crippen molar-refractivity contribution >= 4 is 15.9 Å². The van der Waals surface area contributed by atoms with Crippen molar-refractivity contribution in [3.05, 3.63) is 30.3 Å². The van der Waals surface area contributed by atoms with E-state index in [1.54, 1.807) is 18.2 Å². The Morgan fingerprint density at radius 3 is 2.26 bits per heavy atom. The van der Waals surface area contributed by atoms with Crippen LogP contribution in [0.5, 0.6) is 0 Å². The van der Waals surface area contributed by atoms with Crippen LogP contribution in [-0.2, 0) is 14.8 Å². The lowest BCUT2D eigenvalue weighted by Crippen LogP contribution is -2.52. The minimum absolute atomic E-state index is 0.128. The first-order valence-electron chi connectivity index (χ1n) is 8.28. The molecule has 2 N–H and O–H groups in total. The highest BCUT2D eigenvalue weighted by atomic mass is 32.2. The lowest BCUT2D eigenvalue weighted by Gasteiger charge is -2.27. The van der Waals surface area contributed by atoms with Gasteiger partial charge in [-0.3, -0.25) is 4.79 Å². The molecule has 5 nitrogen and oxygen atoms in total. The van der Waals surface area contributed by atoms with Gasteiger partial charge < -0.3 is 5.32 Å². The highest BCUT2D eigenvalue weighted by Gasteiger charge is 2.29. The van der Waals surface area contributed by atoms with Gasteiger partial charge >= 0.3 is 0 Å². The zero-order valence-electron chi connectivity index (χ0n) is 13.8. The van der Waals surface area contributed by atoms with Crippen LogP contribution in [0.25, 0.3) is 0 Å². The van der Waals surface area contributed by atoms with E-state index in [2.05, 4.69) is 10.0 Å².